The van der Waals surface area contributed by atoms with Crippen LogP contribution in [0.15, 0.2) is 77.5 Å². The Morgan fingerprint density at radius 2 is 1.55 bits per heavy atom. The Bertz CT molecular complexity index is 1320. The van der Waals surface area contributed by atoms with E-state index in [9.17, 15) is 14.4 Å². The van der Waals surface area contributed by atoms with Gasteiger partial charge in [-0.1, -0.05) is 47.5 Å². The Morgan fingerprint density at radius 1 is 0.848 bits per heavy atom. The molecule has 4 rings (SSSR count). The summed E-state index contributed by atoms with van der Waals surface area (Å²) >= 11 is 12.4. The Hall–Kier alpha value is -3.61. The van der Waals surface area contributed by atoms with Crippen LogP contribution >= 0.6 is 23.2 Å². The van der Waals surface area contributed by atoms with E-state index < -0.39 is 11.8 Å². The second kappa shape index (κ2) is 9.10. The highest BCUT2D eigenvalue weighted by atomic mass is 35.5. The number of para-hydroxylation sites is 1. The van der Waals surface area contributed by atoms with Crippen molar-refractivity contribution in [3.8, 4) is 0 Å². The second-order valence-corrected chi connectivity index (χ2v) is 8.28. The van der Waals surface area contributed by atoms with Crippen LogP contribution < -0.4 is 15.5 Å². The fourth-order valence-electron chi connectivity index (χ4n) is 3.43. The van der Waals surface area contributed by atoms with Gasteiger partial charge in [0.25, 0.3) is 17.7 Å². The number of nitrogens with zero attached hydrogens (tertiary/aromatic N) is 1. The number of anilines is 3. The van der Waals surface area contributed by atoms with Crippen LogP contribution in [0.3, 0.4) is 0 Å². The molecule has 1 heterocycles. The lowest BCUT2D eigenvalue weighted by atomic mass is 10.1. The van der Waals surface area contributed by atoms with Crippen LogP contribution in [0.1, 0.15) is 21.5 Å². The zero-order valence-corrected chi connectivity index (χ0v) is 19.3. The molecule has 0 bridgehead atoms. The molecule has 2 N–H and O–H groups in total. The fraction of sp³-hybridized carbons (Fsp3) is 0.0800. The zero-order chi connectivity index (χ0) is 23.7. The van der Waals surface area contributed by atoms with Crippen LogP contribution in [0.2, 0.25) is 5.02 Å². The fourth-order valence-corrected chi connectivity index (χ4v) is 3.81. The van der Waals surface area contributed by atoms with Gasteiger partial charge in [-0.2, -0.15) is 0 Å². The maximum atomic E-state index is 13.0. The van der Waals surface area contributed by atoms with E-state index in [2.05, 4.69) is 10.6 Å². The summed E-state index contributed by atoms with van der Waals surface area (Å²) in [5.41, 5.74) is 3.54. The molecule has 0 atom stereocenters. The monoisotopic (exact) mass is 479 g/mol. The number of rotatable bonds is 5. The Labute approximate surface area is 200 Å². The molecule has 0 aliphatic carbocycles. The van der Waals surface area contributed by atoms with Crippen molar-refractivity contribution < 1.29 is 14.4 Å². The number of hydrogen-bond donors (Lipinski definition) is 2. The van der Waals surface area contributed by atoms with Crippen LogP contribution in [0.25, 0.3) is 0 Å². The van der Waals surface area contributed by atoms with Gasteiger partial charge in [-0.05, 0) is 67.4 Å². The summed E-state index contributed by atoms with van der Waals surface area (Å²) in [5, 5.41) is 5.98. The van der Waals surface area contributed by atoms with Crippen molar-refractivity contribution in [2.75, 3.05) is 15.5 Å². The van der Waals surface area contributed by atoms with Crippen molar-refractivity contribution in [1.29, 1.82) is 0 Å². The maximum absolute atomic E-state index is 13.0. The van der Waals surface area contributed by atoms with E-state index in [-0.39, 0.29) is 16.6 Å². The van der Waals surface area contributed by atoms with E-state index in [1.807, 2.05) is 31.2 Å². The molecule has 0 radical (unpaired) electrons. The molecule has 6 nitrogen and oxygen atoms in total. The average Bonchev–Trinajstić information content (AvgIpc) is 3.01. The highest BCUT2D eigenvalue weighted by Gasteiger charge is 2.39. The lowest BCUT2D eigenvalue weighted by Gasteiger charge is -2.18. The average molecular weight is 480 g/mol. The number of aryl methyl sites for hydroxylation is 1. The van der Waals surface area contributed by atoms with Crippen molar-refractivity contribution >= 4 is 58.0 Å². The van der Waals surface area contributed by atoms with Crippen LogP contribution in [-0.2, 0) is 9.59 Å². The number of hydrogen-bond acceptors (Lipinski definition) is 4. The summed E-state index contributed by atoms with van der Waals surface area (Å²) in [4.78, 5) is 39.2. The van der Waals surface area contributed by atoms with Crippen LogP contribution in [0.4, 0.5) is 17.1 Å². The van der Waals surface area contributed by atoms with Gasteiger partial charge in [0.1, 0.15) is 10.7 Å². The number of imide groups is 1. The first kappa shape index (κ1) is 22.6. The van der Waals surface area contributed by atoms with E-state index in [1.165, 1.54) is 0 Å². The summed E-state index contributed by atoms with van der Waals surface area (Å²) in [6.45, 7) is 3.63. The van der Waals surface area contributed by atoms with Gasteiger partial charge < -0.3 is 10.6 Å². The molecule has 0 unspecified atom stereocenters. The van der Waals surface area contributed by atoms with Gasteiger partial charge in [0, 0.05) is 22.0 Å². The van der Waals surface area contributed by atoms with Gasteiger partial charge >= 0.3 is 0 Å². The number of amides is 3. The van der Waals surface area contributed by atoms with E-state index in [0.29, 0.717) is 27.5 Å². The number of nitrogens with one attached hydrogen (secondary N) is 2. The number of benzene rings is 3. The van der Waals surface area contributed by atoms with Gasteiger partial charge in [0.2, 0.25) is 0 Å². The van der Waals surface area contributed by atoms with Crippen LogP contribution in [0, 0.1) is 13.8 Å². The SMILES string of the molecule is Cc1ccccc1NC(=O)c1ccc(NC2=C(Cl)C(=O)N(c3cccc(Cl)c3C)C2=O)cc1. The molecule has 1 aliphatic rings. The normalized spacial score (nSPS) is 13.5. The molecule has 166 valence electrons. The Morgan fingerprint density at radius 3 is 2.24 bits per heavy atom. The first-order chi connectivity index (χ1) is 15.8. The molecule has 0 saturated carbocycles. The number of carbonyl (C=O) groups excluding carboxylic acids is 3. The topological polar surface area (TPSA) is 78.5 Å². The van der Waals surface area contributed by atoms with E-state index >= 15 is 0 Å². The van der Waals surface area contributed by atoms with Crippen LogP contribution in [-0.4, -0.2) is 17.7 Å². The Kier molecular flexibility index (Phi) is 6.22. The zero-order valence-electron chi connectivity index (χ0n) is 17.8. The third-order valence-corrected chi connectivity index (χ3v) is 6.08. The lowest BCUT2D eigenvalue weighted by Crippen LogP contribution is -2.32. The number of carbonyl (C=O) groups is 3. The molecule has 1 aliphatic heterocycles. The van der Waals surface area contributed by atoms with Gasteiger partial charge in [0.15, 0.2) is 0 Å². The summed E-state index contributed by atoms with van der Waals surface area (Å²) in [6, 6.07) is 18.9. The molecule has 3 aromatic carbocycles. The summed E-state index contributed by atoms with van der Waals surface area (Å²) in [5.74, 6) is -1.48. The van der Waals surface area contributed by atoms with Crippen molar-refractivity contribution in [2.24, 2.45) is 0 Å². The number of halogens is 2. The lowest BCUT2D eigenvalue weighted by molar-refractivity contribution is -0.120. The van der Waals surface area contributed by atoms with Crippen LogP contribution in [0.5, 0.6) is 0 Å². The van der Waals surface area contributed by atoms with Crippen molar-refractivity contribution in [3.63, 3.8) is 0 Å². The first-order valence-corrected chi connectivity index (χ1v) is 10.8. The van der Waals surface area contributed by atoms with E-state index in [0.717, 1.165) is 16.2 Å². The predicted molar refractivity (Wildman–Crippen MR) is 131 cm³/mol. The second-order valence-electron chi connectivity index (χ2n) is 7.49. The van der Waals surface area contributed by atoms with E-state index in [1.54, 1.807) is 49.4 Å². The smallest absolute Gasteiger partial charge is 0.283 e. The molecular weight excluding hydrogens is 461 g/mol. The third-order valence-electron chi connectivity index (χ3n) is 5.32. The molecule has 0 aromatic heterocycles. The molecule has 0 spiro atoms. The molecule has 3 amide bonds. The van der Waals surface area contributed by atoms with Gasteiger partial charge in [0.05, 0.1) is 5.69 Å². The summed E-state index contributed by atoms with van der Waals surface area (Å²) in [6.07, 6.45) is 0. The molecule has 0 fully saturated rings. The van der Waals surface area contributed by atoms with E-state index in [4.69, 9.17) is 23.2 Å². The molecule has 8 heteroatoms. The van der Waals surface area contributed by atoms with Gasteiger partial charge in [-0.25, -0.2) is 4.90 Å². The summed E-state index contributed by atoms with van der Waals surface area (Å²) < 4.78 is 0. The minimum absolute atomic E-state index is 0.0434. The van der Waals surface area contributed by atoms with Gasteiger partial charge in [-0.3, -0.25) is 14.4 Å². The first-order valence-electron chi connectivity index (χ1n) is 10.1. The van der Waals surface area contributed by atoms with Crippen molar-refractivity contribution in [3.05, 3.63) is 99.2 Å². The molecule has 33 heavy (non-hydrogen) atoms. The predicted octanol–water partition coefficient (Wildman–Crippen LogP) is 5.64. The van der Waals surface area contributed by atoms with Crippen molar-refractivity contribution in [2.45, 2.75) is 13.8 Å². The largest absolute Gasteiger partial charge is 0.350 e. The standard InChI is InChI=1S/C25H19Cl2N3O3/c1-14-6-3-4-8-19(14)29-23(31)16-10-12-17(13-11-16)28-22-21(27)24(32)30(25(22)33)20-9-5-7-18(26)15(20)2/h3-13,28H,1-2H3,(H,29,31). The molecule has 3 aromatic rings. The van der Waals surface area contributed by atoms with Crippen molar-refractivity contribution in [1.82, 2.24) is 0 Å². The quantitative estimate of drug-likeness (QED) is 0.463. The minimum atomic E-state index is -0.635. The maximum Gasteiger partial charge on any atom is 0.283 e. The highest BCUT2D eigenvalue weighted by molar-refractivity contribution is 6.53. The summed E-state index contributed by atoms with van der Waals surface area (Å²) in [7, 11) is 0. The molecular formula is C25H19Cl2N3O3. The molecule has 0 saturated heterocycles. The third kappa shape index (κ3) is 4.35. The minimum Gasteiger partial charge on any atom is -0.350 e. The highest BCUT2D eigenvalue weighted by Crippen LogP contribution is 2.34. The van der Waals surface area contributed by atoms with Gasteiger partial charge in [-0.15, -0.1) is 0 Å². The Balaban J connectivity index is 1.51.